The number of hydrogen-bond acceptors (Lipinski definition) is 6. The van der Waals surface area contributed by atoms with Crippen LogP contribution in [0.2, 0.25) is 5.02 Å². The SMILES string of the molecule is COc1ccccc1-c1noc(CCNC(=O)COc2ccc(Cl)cc2)n1. The van der Waals surface area contributed by atoms with Crippen LogP contribution >= 0.6 is 11.6 Å². The molecule has 0 radical (unpaired) electrons. The maximum absolute atomic E-state index is 11.8. The minimum absolute atomic E-state index is 0.0854. The number of methoxy groups -OCH3 is 1. The highest BCUT2D eigenvalue weighted by Gasteiger charge is 2.13. The maximum atomic E-state index is 11.8. The highest BCUT2D eigenvalue weighted by atomic mass is 35.5. The Labute approximate surface area is 161 Å². The summed E-state index contributed by atoms with van der Waals surface area (Å²) >= 11 is 5.80. The first-order valence-corrected chi connectivity index (χ1v) is 8.64. The van der Waals surface area contributed by atoms with E-state index in [1.807, 2.05) is 24.3 Å². The number of amides is 1. The first-order valence-electron chi connectivity index (χ1n) is 8.27. The summed E-state index contributed by atoms with van der Waals surface area (Å²) in [7, 11) is 1.58. The van der Waals surface area contributed by atoms with Crippen LogP contribution in [0.25, 0.3) is 11.4 Å². The third-order valence-corrected chi connectivity index (χ3v) is 3.91. The molecule has 3 aromatic rings. The number of carbonyl (C=O) groups excluding carboxylic acids is 1. The van der Waals surface area contributed by atoms with Gasteiger partial charge in [-0.1, -0.05) is 28.9 Å². The number of carbonyl (C=O) groups is 1. The van der Waals surface area contributed by atoms with Crippen LogP contribution in [-0.2, 0) is 11.2 Å². The van der Waals surface area contributed by atoms with Crippen LogP contribution in [0.3, 0.4) is 0 Å². The van der Waals surface area contributed by atoms with E-state index in [1.165, 1.54) is 0 Å². The summed E-state index contributed by atoms with van der Waals surface area (Å²) in [4.78, 5) is 16.2. The van der Waals surface area contributed by atoms with Crippen molar-refractivity contribution in [1.29, 1.82) is 0 Å². The molecule has 0 aliphatic heterocycles. The van der Waals surface area contributed by atoms with Crippen molar-refractivity contribution in [3.05, 3.63) is 59.4 Å². The van der Waals surface area contributed by atoms with E-state index in [4.69, 9.17) is 25.6 Å². The number of para-hydroxylation sites is 1. The molecule has 0 aliphatic rings. The molecule has 1 aromatic heterocycles. The van der Waals surface area contributed by atoms with E-state index in [2.05, 4.69) is 15.5 Å². The average Bonchev–Trinajstić information content (AvgIpc) is 3.16. The molecule has 1 heterocycles. The normalized spacial score (nSPS) is 10.4. The Morgan fingerprint density at radius 3 is 2.74 bits per heavy atom. The van der Waals surface area contributed by atoms with Crippen molar-refractivity contribution >= 4 is 17.5 Å². The lowest BCUT2D eigenvalue weighted by atomic mass is 10.2. The van der Waals surface area contributed by atoms with E-state index in [0.717, 1.165) is 5.56 Å². The Bertz CT molecular complexity index is 896. The van der Waals surface area contributed by atoms with Gasteiger partial charge in [-0.3, -0.25) is 4.79 Å². The van der Waals surface area contributed by atoms with Crippen molar-refractivity contribution in [3.8, 4) is 22.9 Å². The third kappa shape index (κ3) is 5.21. The van der Waals surface area contributed by atoms with Crippen LogP contribution < -0.4 is 14.8 Å². The summed E-state index contributed by atoms with van der Waals surface area (Å²) in [6.45, 7) is 0.272. The second kappa shape index (κ2) is 9.05. The molecule has 1 amide bonds. The fourth-order valence-electron chi connectivity index (χ4n) is 2.33. The first-order chi connectivity index (χ1) is 13.2. The molecule has 0 fully saturated rings. The standard InChI is InChI=1S/C19H18ClN3O4/c1-25-16-5-3-2-4-15(16)19-22-18(27-23-19)10-11-21-17(24)12-26-14-8-6-13(20)7-9-14/h2-9H,10-12H2,1H3,(H,21,24). The van der Waals surface area contributed by atoms with Gasteiger partial charge in [-0.15, -0.1) is 0 Å². The molecule has 0 atom stereocenters. The molecule has 0 saturated heterocycles. The predicted molar refractivity (Wildman–Crippen MR) is 99.9 cm³/mol. The number of aromatic nitrogens is 2. The molecular weight excluding hydrogens is 370 g/mol. The van der Waals surface area contributed by atoms with Gasteiger partial charge < -0.3 is 19.3 Å². The molecule has 7 nitrogen and oxygen atoms in total. The molecule has 0 saturated carbocycles. The summed E-state index contributed by atoms with van der Waals surface area (Å²) < 4.78 is 15.9. The van der Waals surface area contributed by atoms with Crippen LogP contribution in [0.1, 0.15) is 5.89 Å². The molecule has 27 heavy (non-hydrogen) atoms. The van der Waals surface area contributed by atoms with Crippen molar-refractivity contribution < 1.29 is 18.8 Å². The zero-order valence-corrected chi connectivity index (χ0v) is 15.4. The van der Waals surface area contributed by atoms with Crippen LogP contribution in [0.15, 0.2) is 53.1 Å². The van der Waals surface area contributed by atoms with Gasteiger partial charge in [0.15, 0.2) is 6.61 Å². The van der Waals surface area contributed by atoms with Crippen LogP contribution in [0.4, 0.5) is 0 Å². The van der Waals surface area contributed by atoms with E-state index in [0.29, 0.717) is 41.2 Å². The minimum Gasteiger partial charge on any atom is -0.496 e. The minimum atomic E-state index is -0.241. The third-order valence-electron chi connectivity index (χ3n) is 3.66. The molecule has 1 N–H and O–H groups in total. The van der Waals surface area contributed by atoms with E-state index < -0.39 is 0 Å². The van der Waals surface area contributed by atoms with Crippen LogP contribution in [0.5, 0.6) is 11.5 Å². The summed E-state index contributed by atoms with van der Waals surface area (Å²) in [6, 6.07) is 14.2. The monoisotopic (exact) mass is 387 g/mol. The van der Waals surface area contributed by atoms with Gasteiger partial charge in [0.25, 0.3) is 5.91 Å². The number of halogens is 1. The summed E-state index contributed by atoms with van der Waals surface area (Å²) in [5.41, 5.74) is 0.746. The van der Waals surface area contributed by atoms with Gasteiger partial charge in [0.1, 0.15) is 11.5 Å². The molecule has 2 aromatic carbocycles. The summed E-state index contributed by atoms with van der Waals surface area (Å²) in [5, 5.41) is 7.31. The molecule has 0 aliphatic carbocycles. The number of nitrogens with one attached hydrogen (secondary N) is 1. The zero-order chi connectivity index (χ0) is 19.1. The summed E-state index contributed by atoms with van der Waals surface area (Å²) in [6.07, 6.45) is 0.412. The van der Waals surface area contributed by atoms with Crippen molar-refractivity contribution in [1.82, 2.24) is 15.5 Å². The first kappa shape index (κ1) is 18.7. The van der Waals surface area contributed by atoms with Gasteiger partial charge in [-0.05, 0) is 36.4 Å². The molecule has 0 bridgehead atoms. The smallest absolute Gasteiger partial charge is 0.257 e. The average molecular weight is 388 g/mol. The molecule has 140 valence electrons. The number of hydrogen-bond donors (Lipinski definition) is 1. The van der Waals surface area contributed by atoms with Crippen molar-refractivity contribution in [3.63, 3.8) is 0 Å². The number of ether oxygens (including phenoxy) is 2. The zero-order valence-electron chi connectivity index (χ0n) is 14.6. The fraction of sp³-hybridized carbons (Fsp3) is 0.211. The van der Waals surface area contributed by atoms with E-state index >= 15 is 0 Å². The Morgan fingerprint density at radius 2 is 1.96 bits per heavy atom. The number of benzene rings is 2. The predicted octanol–water partition coefficient (Wildman–Crippen LogP) is 3.14. The van der Waals surface area contributed by atoms with Gasteiger partial charge in [-0.25, -0.2) is 0 Å². The van der Waals surface area contributed by atoms with Crippen molar-refractivity contribution in [2.24, 2.45) is 0 Å². The van der Waals surface area contributed by atoms with Gasteiger partial charge in [0.2, 0.25) is 11.7 Å². The van der Waals surface area contributed by atoms with E-state index in [-0.39, 0.29) is 12.5 Å². The molecule has 8 heteroatoms. The van der Waals surface area contributed by atoms with E-state index in [1.54, 1.807) is 31.4 Å². The van der Waals surface area contributed by atoms with Crippen LogP contribution in [0, 0.1) is 0 Å². The van der Waals surface area contributed by atoms with Gasteiger partial charge in [0, 0.05) is 18.0 Å². The highest BCUT2D eigenvalue weighted by Crippen LogP contribution is 2.27. The van der Waals surface area contributed by atoms with Crippen molar-refractivity contribution in [2.75, 3.05) is 20.3 Å². The number of rotatable bonds is 8. The Balaban J connectivity index is 1.46. The summed E-state index contributed by atoms with van der Waals surface area (Å²) in [5.74, 6) is 1.87. The maximum Gasteiger partial charge on any atom is 0.257 e. The Kier molecular flexibility index (Phi) is 6.27. The number of nitrogens with zero attached hydrogens (tertiary/aromatic N) is 2. The lowest BCUT2D eigenvalue weighted by molar-refractivity contribution is -0.123. The fourth-order valence-corrected chi connectivity index (χ4v) is 2.46. The Morgan fingerprint density at radius 1 is 1.19 bits per heavy atom. The topological polar surface area (TPSA) is 86.5 Å². The van der Waals surface area contributed by atoms with Gasteiger partial charge in [0.05, 0.1) is 12.7 Å². The lowest BCUT2D eigenvalue weighted by Gasteiger charge is -2.06. The molecule has 3 rings (SSSR count). The van der Waals surface area contributed by atoms with E-state index in [9.17, 15) is 4.79 Å². The highest BCUT2D eigenvalue weighted by molar-refractivity contribution is 6.30. The molecular formula is C19H18ClN3O4. The van der Waals surface area contributed by atoms with Gasteiger partial charge in [-0.2, -0.15) is 4.98 Å². The molecule has 0 unspecified atom stereocenters. The van der Waals surface area contributed by atoms with Crippen LogP contribution in [-0.4, -0.2) is 36.3 Å². The quantitative estimate of drug-likeness (QED) is 0.639. The van der Waals surface area contributed by atoms with Crippen molar-refractivity contribution in [2.45, 2.75) is 6.42 Å². The Hall–Kier alpha value is -3.06. The molecule has 0 spiro atoms. The largest absolute Gasteiger partial charge is 0.496 e. The van der Waals surface area contributed by atoms with Gasteiger partial charge >= 0.3 is 0 Å². The lowest BCUT2D eigenvalue weighted by Crippen LogP contribution is -2.30. The second-order valence-corrected chi connectivity index (χ2v) is 5.99. The second-order valence-electron chi connectivity index (χ2n) is 5.55.